The van der Waals surface area contributed by atoms with Gasteiger partial charge in [-0.2, -0.15) is 5.10 Å². The smallest absolute Gasteiger partial charge is 0.0694 e. The fourth-order valence-electron chi connectivity index (χ4n) is 2.12. The maximum atomic E-state index is 4.52. The summed E-state index contributed by atoms with van der Waals surface area (Å²) in [6.45, 7) is 6.10. The molecule has 1 aromatic carbocycles. The van der Waals surface area contributed by atoms with E-state index in [1.165, 1.54) is 16.8 Å². The third-order valence-corrected chi connectivity index (χ3v) is 3.57. The van der Waals surface area contributed by atoms with E-state index >= 15 is 0 Å². The van der Waals surface area contributed by atoms with E-state index in [0.717, 1.165) is 17.6 Å². The molecule has 1 heterocycles. The Morgan fingerprint density at radius 2 is 1.89 bits per heavy atom. The van der Waals surface area contributed by atoms with Crippen LogP contribution in [0.3, 0.4) is 0 Å². The molecule has 0 atom stereocenters. The first-order valence-corrected chi connectivity index (χ1v) is 7.33. The Hall–Kier alpha value is -1.13. The number of aryl methyl sites for hydroxylation is 1. The molecule has 0 aliphatic carbocycles. The number of halogens is 1. The monoisotopic (exact) mass is 321 g/mol. The molecule has 1 aromatic heterocycles. The molecule has 0 spiro atoms. The fraction of sp³-hybridized carbons (Fsp3) is 0.400. The molecule has 0 unspecified atom stereocenters. The molecule has 2 aromatic rings. The molecule has 0 saturated heterocycles. The molecule has 102 valence electrons. The standard InChI is InChI=1S/C15H20BrN3/c1-11(2)15-13(10-19(3)18-15)9-17-8-12-4-6-14(16)7-5-12/h4-7,10-11,17H,8-9H2,1-3H3. The van der Waals surface area contributed by atoms with E-state index in [9.17, 15) is 0 Å². The number of benzene rings is 1. The number of nitrogens with one attached hydrogen (secondary N) is 1. The molecule has 1 N–H and O–H groups in total. The summed E-state index contributed by atoms with van der Waals surface area (Å²) in [7, 11) is 1.98. The van der Waals surface area contributed by atoms with Gasteiger partial charge in [0.2, 0.25) is 0 Å². The van der Waals surface area contributed by atoms with Crippen LogP contribution in [-0.2, 0) is 20.1 Å². The first kappa shape index (κ1) is 14.3. The summed E-state index contributed by atoms with van der Waals surface area (Å²) >= 11 is 3.45. The Bertz CT molecular complexity index is 529. The fourth-order valence-corrected chi connectivity index (χ4v) is 2.39. The Balaban J connectivity index is 1.94. The van der Waals surface area contributed by atoms with Gasteiger partial charge in [0.15, 0.2) is 0 Å². The largest absolute Gasteiger partial charge is 0.308 e. The van der Waals surface area contributed by atoms with Gasteiger partial charge in [-0.25, -0.2) is 0 Å². The zero-order valence-corrected chi connectivity index (χ0v) is 13.2. The van der Waals surface area contributed by atoms with Crippen LogP contribution in [-0.4, -0.2) is 9.78 Å². The lowest BCUT2D eigenvalue weighted by atomic mass is 10.1. The van der Waals surface area contributed by atoms with Crippen molar-refractivity contribution in [3.05, 3.63) is 51.8 Å². The summed E-state index contributed by atoms with van der Waals surface area (Å²) in [5, 5.41) is 8.00. The van der Waals surface area contributed by atoms with Crippen molar-refractivity contribution in [3.8, 4) is 0 Å². The van der Waals surface area contributed by atoms with E-state index < -0.39 is 0 Å². The minimum absolute atomic E-state index is 0.464. The quantitative estimate of drug-likeness (QED) is 0.911. The molecular weight excluding hydrogens is 302 g/mol. The Morgan fingerprint density at radius 1 is 1.21 bits per heavy atom. The highest BCUT2D eigenvalue weighted by molar-refractivity contribution is 9.10. The van der Waals surface area contributed by atoms with Crippen molar-refractivity contribution in [3.63, 3.8) is 0 Å². The van der Waals surface area contributed by atoms with Gasteiger partial charge in [-0.05, 0) is 23.6 Å². The van der Waals surface area contributed by atoms with Crippen LogP contribution in [0.4, 0.5) is 0 Å². The predicted octanol–water partition coefficient (Wildman–Crippen LogP) is 3.60. The van der Waals surface area contributed by atoms with Gasteiger partial charge >= 0.3 is 0 Å². The van der Waals surface area contributed by atoms with E-state index in [1.54, 1.807) is 0 Å². The number of rotatable bonds is 5. The zero-order valence-electron chi connectivity index (χ0n) is 11.7. The van der Waals surface area contributed by atoms with E-state index in [2.05, 4.69) is 70.7 Å². The van der Waals surface area contributed by atoms with Crippen molar-refractivity contribution in [2.75, 3.05) is 0 Å². The van der Waals surface area contributed by atoms with E-state index in [0.29, 0.717) is 5.92 Å². The van der Waals surface area contributed by atoms with E-state index in [-0.39, 0.29) is 0 Å². The summed E-state index contributed by atoms with van der Waals surface area (Å²) < 4.78 is 3.01. The molecule has 0 amide bonds. The average molecular weight is 322 g/mol. The lowest BCUT2D eigenvalue weighted by molar-refractivity contribution is 0.678. The highest BCUT2D eigenvalue weighted by Gasteiger charge is 2.10. The molecule has 0 aliphatic heterocycles. The number of hydrogen-bond donors (Lipinski definition) is 1. The van der Waals surface area contributed by atoms with Gasteiger partial charge in [-0.3, -0.25) is 4.68 Å². The van der Waals surface area contributed by atoms with E-state index in [4.69, 9.17) is 0 Å². The highest BCUT2D eigenvalue weighted by Crippen LogP contribution is 2.17. The third kappa shape index (κ3) is 3.91. The minimum atomic E-state index is 0.464. The molecule has 0 radical (unpaired) electrons. The lowest BCUT2D eigenvalue weighted by Crippen LogP contribution is -2.13. The van der Waals surface area contributed by atoms with Crippen LogP contribution in [0.25, 0.3) is 0 Å². The van der Waals surface area contributed by atoms with Gasteiger partial charge in [0.05, 0.1) is 5.69 Å². The first-order chi connectivity index (χ1) is 9.06. The van der Waals surface area contributed by atoms with Crippen LogP contribution in [0.15, 0.2) is 34.9 Å². The SMILES string of the molecule is CC(C)c1nn(C)cc1CNCc1ccc(Br)cc1. The third-order valence-electron chi connectivity index (χ3n) is 3.04. The second-order valence-corrected chi connectivity index (χ2v) is 6.01. The molecule has 0 saturated carbocycles. The lowest BCUT2D eigenvalue weighted by Gasteiger charge is -2.07. The number of aromatic nitrogens is 2. The highest BCUT2D eigenvalue weighted by atomic mass is 79.9. The first-order valence-electron chi connectivity index (χ1n) is 6.54. The molecule has 0 fully saturated rings. The molecular formula is C15H20BrN3. The molecule has 4 heteroatoms. The van der Waals surface area contributed by atoms with Crippen molar-refractivity contribution in [2.45, 2.75) is 32.9 Å². The maximum Gasteiger partial charge on any atom is 0.0694 e. The van der Waals surface area contributed by atoms with Gasteiger partial charge in [-0.15, -0.1) is 0 Å². The Kier molecular flexibility index (Phi) is 4.77. The second kappa shape index (κ2) is 6.35. The zero-order chi connectivity index (χ0) is 13.8. The van der Waals surface area contributed by atoms with Crippen molar-refractivity contribution in [1.82, 2.24) is 15.1 Å². The van der Waals surface area contributed by atoms with Gasteiger partial charge in [-0.1, -0.05) is 41.9 Å². The molecule has 2 rings (SSSR count). The molecule has 3 nitrogen and oxygen atoms in total. The molecule has 0 bridgehead atoms. The predicted molar refractivity (Wildman–Crippen MR) is 82.0 cm³/mol. The van der Waals surface area contributed by atoms with Crippen LogP contribution in [0.2, 0.25) is 0 Å². The Morgan fingerprint density at radius 3 is 2.53 bits per heavy atom. The summed E-state index contributed by atoms with van der Waals surface area (Å²) in [6.07, 6.45) is 2.10. The average Bonchev–Trinajstić information content (AvgIpc) is 2.73. The number of nitrogens with zero attached hydrogens (tertiary/aromatic N) is 2. The summed E-state index contributed by atoms with van der Waals surface area (Å²) in [6, 6.07) is 8.40. The normalized spacial score (nSPS) is 11.2. The van der Waals surface area contributed by atoms with E-state index in [1.807, 2.05) is 11.7 Å². The van der Waals surface area contributed by atoms with Crippen molar-refractivity contribution in [1.29, 1.82) is 0 Å². The van der Waals surface area contributed by atoms with Crippen molar-refractivity contribution in [2.24, 2.45) is 7.05 Å². The maximum absolute atomic E-state index is 4.52. The topological polar surface area (TPSA) is 29.9 Å². The molecule has 0 aliphatic rings. The van der Waals surface area contributed by atoms with Crippen LogP contribution < -0.4 is 5.32 Å². The van der Waals surface area contributed by atoms with Gasteiger partial charge < -0.3 is 5.32 Å². The summed E-state index contributed by atoms with van der Waals surface area (Å²) in [4.78, 5) is 0. The molecule has 19 heavy (non-hydrogen) atoms. The second-order valence-electron chi connectivity index (χ2n) is 5.10. The van der Waals surface area contributed by atoms with Gasteiger partial charge in [0.25, 0.3) is 0 Å². The summed E-state index contributed by atoms with van der Waals surface area (Å²) in [5.74, 6) is 0.464. The number of hydrogen-bond acceptors (Lipinski definition) is 2. The van der Waals surface area contributed by atoms with Crippen molar-refractivity contribution >= 4 is 15.9 Å². The van der Waals surface area contributed by atoms with Gasteiger partial charge in [0.1, 0.15) is 0 Å². The van der Waals surface area contributed by atoms with Crippen LogP contribution in [0.5, 0.6) is 0 Å². The minimum Gasteiger partial charge on any atom is -0.308 e. The van der Waals surface area contributed by atoms with Crippen LogP contribution in [0.1, 0.15) is 36.6 Å². The van der Waals surface area contributed by atoms with Crippen LogP contribution >= 0.6 is 15.9 Å². The summed E-state index contributed by atoms with van der Waals surface area (Å²) in [5.41, 5.74) is 3.76. The van der Waals surface area contributed by atoms with Crippen LogP contribution in [0, 0.1) is 0 Å². The van der Waals surface area contributed by atoms with Gasteiger partial charge in [0, 0.05) is 36.4 Å². The Labute approximate surface area is 123 Å². The van der Waals surface area contributed by atoms with Crippen molar-refractivity contribution < 1.29 is 0 Å².